The number of aromatic amines is 1. The zero-order valence-corrected chi connectivity index (χ0v) is 13.0. The Morgan fingerprint density at radius 2 is 1.95 bits per heavy atom. The summed E-state index contributed by atoms with van der Waals surface area (Å²) >= 11 is 0. The van der Waals surface area contributed by atoms with E-state index < -0.39 is 15.6 Å². The maximum Gasteiger partial charge on any atom is 0.267 e. The lowest BCUT2D eigenvalue weighted by molar-refractivity contribution is 0.0940. The zero-order valence-electron chi connectivity index (χ0n) is 12.2. The van der Waals surface area contributed by atoms with Crippen molar-refractivity contribution in [2.24, 2.45) is 0 Å². The molecule has 0 saturated heterocycles. The molecular formula is C14H19N3O3S. The van der Waals surface area contributed by atoms with E-state index >= 15 is 0 Å². The van der Waals surface area contributed by atoms with Crippen molar-refractivity contribution < 1.29 is 13.2 Å². The minimum absolute atomic E-state index is 0.189. The number of para-hydroxylation sites is 1. The second-order valence-electron chi connectivity index (χ2n) is 5.71. The van der Waals surface area contributed by atoms with Crippen molar-refractivity contribution >= 4 is 26.8 Å². The van der Waals surface area contributed by atoms with Crippen molar-refractivity contribution in [1.29, 1.82) is 0 Å². The van der Waals surface area contributed by atoms with E-state index in [-0.39, 0.29) is 12.5 Å². The van der Waals surface area contributed by atoms with Gasteiger partial charge >= 0.3 is 0 Å². The molecule has 2 aromatic rings. The van der Waals surface area contributed by atoms with Crippen LogP contribution >= 0.6 is 0 Å². The number of fused-ring (bicyclic) bond motifs is 1. The molecule has 0 spiro atoms. The lowest BCUT2D eigenvalue weighted by Crippen LogP contribution is -2.51. The van der Waals surface area contributed by atoms with Crippen LogP contribution in [0.25, 0.3) is 10.9 Å². The number of carbonyl (C=O) groups excluding carboxylic acids is 1. The Bertz CT molecular complexity index is 730. The summed E-state index contributed by atoms with van der Waals surface area (Å²) in [5.41, 5.74) is 0.581. The highest BCUT2D eigenvalue weighted by Gasteiger charge is 2.23. The third kappa shape index (κ3) is 4.30. The Hall–Kier alpha value is -1.86. The number of rotatable bonds is 5. The highest BCUT2D eigenvalue weighted by atomic mass is 32.2. The molecular weight excluding hydrogens is 290 g/mol. The van der Waals surface area contributed by atoms with Gasteiger partial charge in [-0.25, -0.2) is 13.1 Å². The van der Waals surface area contributed by atoms with E-state index in [9.17, 15) is 13.2 Å². The first-order chi connectivity index (χ1) is 9.66. The van der Waals surface area contributed by atoms with Gasteiger partial charge in [0.05, 0.1) is 6.26 Å². The Balaban J connectivity index is 2.04. The Kier molecular flexibility index (Phi) is 4.06. The molecule has 0 unspecified atom stereocenters. The topological polar surface area (TPSA) is 91.1 Å². The first kappa shape index (κ1) is 15.5. The average Bonchev–Trinajstić information content (AvgIpc) is 2.77. The predicted octanol–water partition coefficient (Wildman–Crippen LogP) is 1.23. The largest absolute Gasteiger partial charge is 0.351 e. The number of amides is 1. The van der Waals surface area contributed by atoms with Crippen LogP contribution < -0.4 is 10.0 Å². The lowest BCUT2D eigenvalue weighted by atomic mass is 10.1. The SMILES string of the molecule is CC(C)(CNC(=O)c1cc2ccccc2[nH]1)NS(C)(=O)=O. The van der Waals surface area contributed by atoms with Crippen LogP contribution in [-0.4, -0.2) is 37.6 Å². The van der Waals surface area contributed by atoms with Crippen LogP contribution in [0.1, 0.15) is 24.3 Å². The summed E-state index contributed by atoms with van der Waals surface area (Å²) in [7, 11) is -3.32. The number of benzene rings is 1. The van der Waals surface area contributed by atoms with Crippen LogP contribution in [0, 0.1) is 0 Å². The van der Waals surface area contributed by atoms with Gasteiger partial charge in [0.25, 0.3) is 5.91 Å². The predicted molar refractivity (Wildman–Crippen MR) is 82.7 cm³/mol. The third-order valence-corrected chi connectivity index (χ3v) is 3.85. The van der Waals surface area contributed by atoms with Gasteiger partial charge in [-0.2, -0.15) is 0 Å². The van der Waals surface area contributed by atoms with Crippen LogP contribution in [0.15, 0.2) is 30.3 Å². The highest BCUT2D eigenvalue weighted by Crippen LogP contribution is 2.14. The first-order valence-corrected chi connectivity index (χ1v) is 8.40. The van der Waals surface area contributed by atoms with Crippen LogP contribution in [-0.2, 0) is 10.0 Å². The summed E-state index contributed by atoms with van der Waals surface area (Å²) in [5.74, 6) is -0.269. The van der Waals surface area contributed by atoms with Crippen molar-refractivity contribution in [3.8, 4) is 0 Å². The molecule has 114 valence electrons. The zero-order chi connectivity index (χ0) is 15.7. The summed E-state index contributed by atoms with van der Waals surface area (Å²) in [5, 5.41) is 3.68. The molecule has 0 saturated carbocycles. The number of nitrogens with one attached hydrogen (secondary N) is 3. The molecule has 7 heteroatoms. The molecule has 0 aliphatic rings. The van der Waals surface area contributed by atoms with Crippen molar-refractivity contribution in [2.45, 2.75) is 19.4 Å². The summed E-state index contributed by atoms with van der Waals surface area (Å²) in [4.78, 5) is 15.1. The second-order valence-corrected chi connectivity index (χ2v) is 7.46. The van der Waals surface area contributed by atoms with Gasteiger partial charge in [-0.05, 0) is 26.0 Å². The van der Waals surface area contributed by atoms with Crippen LogP contribution in [0.4, 0.5) is 0 Å². The summed E-state index contributed by atoms with van der Waals surface area (Å²) in [6, 6.07) is 9.36. The van der Waals surface area contributed by atoms with E-state index in [1.807, 2.05) is 24.3 Å². The van der Waals surface area contributed by atoms with Crippen LogP contribution in [0.3, 0.4) is 0 Å². The molecule has 1 heterocycles. The molecule has 0 fully saturated rings. The van der Waals surface area contributed by atoms with Gasteiger partial charge in [-0.3, -0.25) is 4.79 Å². The van der Waals surface area contributed by atoms with Gasteiger partial charge < -0.3 is 10.3 Å². The Labute approximate surface area is 124 Å². The number of aromatic nitrogens is 1. The van der Waals surface area contributed by atoms with Crippen molar-refractivity contribution in [3.05, 3.63) is 36.0 Å². The van der Waals surface area contributed by atoms with E-state index in [1.165, 1.54) is 0 Å². The number of hydrogen-bond acceptors (Lipinski definition) is 3. The fourth-order valence-corrected chi connectivity index (χ4v) is 3.21. The molecule has 1 aromatic carbocycles. The fourth-order valence-electron chi connectivity index (χ4n) is 2.13. The molecule has 21 heavy (non-hydrogen) atoms. The molecule has 0 aliphatic heterocycles. The molecule has 1 aromatic heterocycles. The summed E-state index contributed by atoms with van der Waals surface area (Å²) in [6.45, 7) is 3.60. The monoisotopic (exact) mass is 309 g/mol. The van der Waals surface area contributed by atoms with Gasteiger partial charge in [0.1, 0.15) is 5.69 Å². The van der Waals surface area contributed by atoms with Crippen LogP contribution in [0.5, 0.6) is 0 Å². The molecule has 1 amide bonds. The maximum absolute atomic E-state index is 12.1. The first-order valence-electron chi connectivity index (χ1n) is 6.51. The lowest BCUT2D eigenvalue weighted by Gasteiger charge is -2.25. The van der Waals surface area contributed by atoms with Crippen LogP contribution in [0.2, 0.25) is 0 Å². The molecule has 3 N–H and O–H groups in total. The van der Waals surface area contributed by atoms with Gasteiger partial charge in [0.2, 0.25) is 10.0 Å². The number of H-pyrrole nitrogens is 1. The Morgan fingerprint density at radius 1 is 1.29 bits per heavy atom. The van der Waals surface area contributed by atoms with Crippen molar-refractivity contribution in [3.63, 3.8) is 0 Å². The Morgan fingerprint density at radius 3 is 2.57 bits per heavy atom. The molecule has 2 rings (SSSR count). The van der Waals surface area contributed by atoms with E-state index in [4.69, 9.17) is 0 Å². The van der Waals surface area contributed by atoms with Crippen molar-refractivity contribution in [2.75, 3.05) is 12.8 Å². The molecule has 6 nitrogen and oxygen atoms in total. The number of hydrogen-bond donors (Lipinski definition) is 3. The molecule has 0 atom stereocenters. The van der Waals surface area contributed by atoms with E-state index in [0.29, 0.717) is 5.69 Å². The summed E-state index contributed by atoms with van der Waals surface area (Å²) < 4.78 is 25.0. The van der Waals surface area contributed by atoms with Crippen molar-refractivity contribution in [1.82, 2.24) is 15.0 Å². The van der Waals surface area contributed by atoms with Gasteiger partial charge in [0.15, 0.2) is 0 Å². The molecule has 0 aliphatic carbocycles. The molecule has 0 bridgehead atoms. The quantitative estimate of drug-likeness (QED) is 0.775. The minimum atomic E-state index is -3.32. The standard InChI is InChI=1S/C14H19N3O3S/c1-14(2,17-21(3,19)20)9-15-13(18)12-8-10-6-4-5-7-11(10)16-12/h4-8,16-17H,9H2,1-3H3,(H,15,18). The fraction of sp³-hybridized carbons (Fsp3) is 0.357. The third-order valence-electron chi connectivity index (χ3n) is 2.93. The number of carbonyl (C=O) groups is 1. The van der Waals surface area contributed by atoms with E-state index in [0.717, 1.165) is 17.2 Å². The summed E-state index contributed by atoms with van der Waals surface area (Å²) in [6.07, 6.45) is 1.09. The smallest absolute Gasteiger partial charge is 0.267 e. The molecule has 0 radical (unpaired) electrons. The maximum atomic E-state index is 12.1. The van der Waals surface area contributed by atoms with E-state index in [1.54, 1.807) is 19.9 Å². The minimum Gasteiger partial charge on any atom is -0.351 e. The van der Waals surface area contributed by atoms with Gasteiger partial charge in [-0.15, -0.1) is 0 Å². The second kappa shape index (κ2) is 5.50. The average molecular weight is 309 g/mol. The van der Waals surface area contributed by atoms with E-state index in [2.05, 4.69) is 15.0 Å². The van der Waals surface area contributed by atoms with Gasteiger partial charge in [0, 0.05) is 23.0 Å². The highest BCUT2D eigenvalue weighted by molar-refractivity contribution is 7.88. The normalized spacial score (nSPS) is 12.5. The number of sulfonamides is 1. The van der Waals surface area contributed by atoms with Gasteiger partial charge in [-0.1, -0.05) is 18.2 Å².